The Balaban J connectivity index is 0.000000164. The number of aryl methyl sites for hydroxylation is 4. The Kier molecular flexibility index (Phi) is 24.6. The van der Waals surface area contributed by atoms with Gasteiger partial charge in [-0.3, -0.25) is 0 Å². The van der Waals surface area contributed by atoms with Gasteiger partial charge in [0.25, 0.3) is 0 Å². The van der Waals surface area contributed by atoms with Gasteiger partial charge in [0.2, 0.25) is 0 Å². The average molecular weight is 1330 g/mol. The van der Waals surface area contributed by atoms with Crippen molar-refractivity contribution in [3.8, 4) is 46.0 Å². The summed E-state index contributed by atoms with van der Waals surface area (Å²) in [4.78, 5) is 0. The lowest BCUT2D eigenvalue weighted by molar-refractivity contribution is -0.0728. The molecule has 5 unspecified atom stereocenters. The Morgan fingerprint density at radius 2 is 0.876 bits per heavy atom. The summed E-state index contributed by atoms with van der Waals surface area (Å²) < 4.78 is 37.9. The number of phenolic OH excluding ortho intramolecular Hbond substituents is 3. The third-order valence-electron chi connectivity index (χ3n) is 22.9. The lowest BCUT2D eigenvalue weighted by atomic mass is 9.61. The number of hydrogen-bond donors (Lipinski definition) is 5. The summed E-state index contributed by atoms with van der Waals surface area (Å²) in [7, 11) is 4.51. The number of allylic oxidation sites excluding steroid dienone is 2. The fourth-order valence-electron chi connectivity index (χ4n) is 17.6. The summed E-state index contributed by atoms with van der Waals surface area (Å²) >= 11 is 0. The quantitative estimate of drug-likeness (QED) is 0.0543. The topological polar surface area (TPSA) is 147 Å². The Morgan fingerprint density at radius 1 is 0.495 bits per heavy atom. The second-order valence-electron chi connectivity index (χ2n) is 32.6. The van der Waals surface area contributed by atoms with Gasteiger partial charge in [0.1, 0.15) is 80.1 Å². The SMILES string of the molecule is C.CCCCCc1cc(O)c2c(c1)OC(C)(C)C1=C2C(O)C(C)(O)CC1.CCCCCc1cc(O)c2c(c1)OC(C)(C)[C@@H]1CC[C@@H](C)C=C21.CCCCCc1cc(O)c2c(c1)OC(C)(C)[C@@H]1CC[C@H](C)C=C21.CCCCCc1cc2c3c(c1)OC(C)(C)C1CCC(C)(CC31)O2.[3H]C[B]. The van der Waals surface area contributed by atoms with Crippen LogP contribution in [-0.2, 0) is 25.7 Å². The first-order valence-corrected chi connectivity index (χ1v) is 37.6. The van der Waals surface area contributed by atoms with Crippen molar-refractivity contribution in [1.82, 2.24) is 0 Å². The molecule has 2 radical (unpaired) electrons. The number of benzene rings is 4. The molecule has 4 aliphatic carbocycles. The minimum absolute atomic E-state index is 0. The first kappa shape index (κ1) is 75.7. The van der Waals surface area contributed by atoms with E-state index in [-0.39, 0.29) is 42.4 Å². The molecule has 534 valence electrons. The molecule has 13 rings (SSSR count). The van der Waals surface area contributed by atoms with E-state index in [0.29, 0.717) is 76.7 Å². The Labute approximate surface area is 589 Å². The van der Waals surface area contributed by atoms with Crippen LogP contribution in [0.5, 0.6) is 46.0 Å². The van der Waals surface area contributed by atoms with E-state index in [9.17, 15) is 25.5 Å². The molecule has 97 heavy (non-hydrogen) atoms. The monoisotopic (exact) mass is 1330 g/mol. The third-order valence-corrected chi connectivity index (χ3v) is 22.9. The molecule has 0 spiro atoms. The van der Waals surface area contributed by atoms with Gasteiger partial charge in [-0.15, -0.1) is 0 Å². The zero-order valence-corrected chi connectivity index (χ0v) is 62.1. The molecule has 9 atom stereocenters. The number of aromatic hydroxyl groups is 3. The van der Waals surface area contributed by atoms with Crippen LogP contribution in [0.25, 0.3) is 16.7 Å². The molecule has 10 nitrogen and oxygen atoms in total. The predicted molar refractivity (Wildman–Crippen MR) is 402 cm³/mol. The maximum atomic E-state index is 10.8. The van der Waals surface area contributed by atoms with Crippen LogP contribution in [0.3, 0.4) is 0 Å². The molecular weight excluding hydrogens is 1200 g/mol. The normalized spacial score (nSPS) is 27.0. The Hall–Kier alpha value is -5.52. The van der Waals surface area contributed by atoms with E-state index in [0.717, 1.165) is 116 Å². The van der Waals surface area contributed by atoms with Crippen LogP contribution in [0.15, 0.2) is 66.3 Å². The molecule has 0 saturated heterocycles. The summed E-state index contributed by atoms with van der Waals surface area (Å²) in [6, 6.07) is 16.6. The number of phenols is 3. The van der Waals surface area contributed by atoms with Crippen LogP contribution in [0.2, 0.25) is 6.80 Å². The second kappa shape index (κ2) is 31.6. The summed E-state index contributed by atoms with van der Waals surface area (Å²) in [6.07, 6.45) is 31.4. The van der Waals surface area contributed by atoms with E-state index in [4.69, 9.17) is 25.1 Å². The molecule has 11 heteroatoms. The van der Waals surface area contributed by atoms with Crippen molar-refractivity contribution < 1.29 is 50.6 Å². The minimum Gasteiger partial charge on any atom is -0.507 e. The van der Waals surface area contributed by atoms with Gasteiger partial charge in [-0.25, -0.2) is 0 Å². The fraction of sp³-hybridized carbons (Fsp3) is 0.651. The van der Waals surface area contributed by atoms with Gasteiger partial charge in [-0.05, 0) is 278 Å². The fourth-order valence-corrected chi connectivity index (χ4v) is 17.6. The summed E-state index contributed by atoms with van der Waals surface area (Å²) in [5, 5.41) is 53.4. The summed E-state index contributed by atoms with van der Waals surface area (Å²) in [5.41, 5.74) is 10.6. The summed E-state index contributed by atoms with van der Waals surface area (Å²) in [5.74, 6) is 8.63. The number of hydrogen-bond acceptors (Lipinski definition) is 10. The molecule has 2 bridgehead atoms. The molecule has 0 aromatic heterocycles. The minimum atomic E-state index is -1.20. The number of ether oxygens (including phenoxy) is 5. The number of aliphatic hydroxyl groups is 2. The average Bonchev–Trinajstić information content (AvgIpc) is 0.719. The van der Waals surface area contributed by atoms with Crippen molar-refractivity contribution in [1.29, 1.82) is 0 Å². The molecule has 1 saturated carbocycles. The highest BCUT2D eigenvalue weighted by Crippen LogP contribution is 2.61. The molecule has 5 aliphatic heterocycles. The van der Waals surface area contributed by atoms with Gasteiger partial charge in [-0.2, -0.15) is 0 Å². The Bertz CT molecular complexity index is 3350. The van der Waals surface area contributed by atoms with Gasteiger partial charge in [0, 0.05) is 36.2 Å². The van der Waals surface area contributed by atoms with Crippen molar-refractivity contribution in [2.45, 2.75) is 331 Å². The van der Waals surface area contributed by atoms with Gasteiger partial charge < -0.3 is 49.2 Å². The van der Waals surface area contributed by atoms with Crippen molar-refractivity contribution in [3.63, 3.8) is 0 Å². The maximum Gasteiger partial charge on any atom is 0.132 e. The largest absolute Gasteiger partial charge is 0.507 e. The number of rotatable bonds is 16. The van der Waals surface area contributed by atoms with E-state index in [1.54, 1.807) is 13.0 Å². The van der Waals surface area contributed by atoms with Crippen molar-refractivity contribution in [2.75, 3.05) is 0 Å². The van der Waals surface area contributed by atoms with Crippen LogP contribution in [0, 0.1) is 29.6 Å². The molecule has 9 aliphatic rings. The van der Waals surface area contributed by atoms with Crippen molar-refractivity contribution in [3.05, 3.63) is 111 Å². The molecule has 1 fully saturated rings. The first-order chi connectivity index (χ1) is 45.8. The maximum absolute atomic E-state index is 10.8. The number of unbranched alkanes of at least 4 members (excludes halogenated alkanes) is 8. The van der Waals surface area contributed by atoms with E-state index in [1.165, 1.54) is 110 Å². The van der Waals surface area contributed by atoms with E-state index in [2.05, 4.69) is 134 Å². The molecule has 4 aromatic rings. The number of fused-ring (bicyclic) bond motifs is 9. The molecule has 0 amide bonds. The van der Waals surface area contributed by atoms with Gasteiger partial charge >= 0.3 is 0 Å². The van der Waals surface area contributed by atoms with Gasteiger partial charge in [-0.1, -0.05) is 119 Å². The van der Waals surface area contributed by atoms with Crippen LogP contribution in [-0.4, -0.2) is 73.1 Å². The predicted octanol–water partition coefficient (Wildman–Crippen LogP) is 21.9. The van der Waals surface area contributed by atoms with E-state index in [1.807, 2.05) is 32.0 Å². The van der Waals surface area contributed by atoms with Crippen molar-refractivity contribution in [2.24, 2.45) is 29.6 Å². The third kappa shape index (κ3) is 16.9. The van der Waals surface area contributed by atoms with Gasteiger partial charge in [0.15, 0.2) is 0 Å². The highest BCUT2D eigenvalue weighted by Gasteiger charge is 2.55. The Morgan fingerprint density at radius 3 is 1.31 bits per heavy atom. The lowest BCUT2D eigenvalue weighted by Gasteiger charge is -2.55. The van der Waals surface area contributed by atoms with Gasteiger partial charge in [0.05, 0.1) is 30.1 Å². The molecule has 4 aromatic carbocycles. The zero-order chi connectivity index (χ0) is 70.6. The van der Waals surface area contributed by atoms with E-state index < -0.39 is 17.3 Å². The molecule has 5 N–H and O–H groups in total. The summed E-state index contributed by atoms with van der Waals surface area (Å²) in [6.45, 7) is 34.6. The van der Waals surface area contributed by atoms with Crippen LogP contribution >= 0.6 is 0 Å². The lowest BCUT2D eigenvalue weighted by Crippen LogP contribution is -2.53. The zero-order valence-electron chi connectivity index (χ0n) is 63.1. The highest BCUT2D eigenvalue weighted by molar-refractivity contribution is 6.05. The highest BCUT2D eigenvalue weighted by atomic mass is 16.5. The first-order valence-electron chi connectivity index (χ1n) is 38.3. The van der Waals surface area contributed by atoms with E-state index >= 15 is 0 Å². The molecular formula is C86H127BO10. The smallest absolute Gasteiger partial charge is 0.132 e. The number of aliphatic hydroxyl groups excluding tert-OH is 1. The van der Waals surface area contributed by atoms with Crippen LogP contribution in [0.4, 0.5) is 0 Å². The standard InChI is InChI=1S/C21H30O4.3C21H30O2.CH3B.CH4/c1-5-6-7-8-13-11-15(22)18-16(12-13)25-20(2,3)14-9-10-21(4,24)19(23)17(14)18;1-5-6-7-8-14-11-17-19-15-13-21(4,23-18(19)12-14)10-9-16(15)20(2,3)22-17;2*1-5-6-7-8-15-12-18(22)20-16-11-14(2)9-10-17(16)21(3,4)23-19(20)13-15;1-2;/h11-12,19,22-24H,5-10H2,1-4H3;11-12,15-16H,5-10,13H2,1-4H3;2*11-14,17,22H,5-10H2,1-4H3;1H3;1H4/t;;14-,17+;14-,17-;;/m..01../s1/i;;;;1T;. The van der Waals surface area contributed by atoms with Crippen LogP contribution < -0.4 is 23.7 Å². The van der Waals surface area contributed by atoms with Crippen molar-refractivity contribution >= 4 is 24.6 Å². The molecule has 5 heterocycles. The second-order valence-corrected chi connectivity index (χ2v) is 32.6. The van der Waals surface area contributed by atoms with Crippen LogP contribution in [0.1, 0.15) is 305 Å².